The molecule has 3 N–H and O–H groups in total. The van der Waals surface area contributed by atoms with Crippen LogP contribution in [-0.2, 0) is 14.8 Å². The summed E-state index contributed by atoms with van der Waals surface area (Å²) in [6.07, 6.45) is 1.34. The summed E-state index contributed by atoms with van der Waals surface area (Å²) in [5, 5.41) is 0. The second-order valence-electron chi connectivity index (χ2n) is 4.65. The minimum atomic E-state index is -3.65. The van der Waals surface area contributed by atoms with E-state index in [1.807, 2.05) is 0 Å². The third kappa shape index (κ3) is 3.62. The van der Waals surface area contributed by atoms with Gasteiger partial charge in [-0.2, -0.15) is 0 Å². The molecule has 0 saturated carbocycles. The van der Waals surface area contributed by atoms with Crippen LogP contribution in [0.5, 0.6) is 5.75 Å². The lowest BCUT2D eigenvalue weighted by molar-refractivity contribution is 0.0832. The molecule has 0 amide bonds. The Morgan fingerprint density at radius 1 is 1.40 bits per heavy atom. The zero-order valence-electron chi connectivity index (χ0n) is 11.5. The number of benzene rings is 1. The van der Waals surface area contributed by atoms with Gasteiger partial charge in [0.2, 0.25) is 10.0 Å². The molecule has 1 aliphatic heterocycles. The van der Waals surface area contributed by atoms with Gasteiger partial charge in [-0.1, -0.05) is 0 Å². The fraction of sp³-hybridized carbons (Fsp3) is 0.538. The summed E-state index contributed by atoms with van der Waals surface area (Å²) >= 11 is 0. The minimum Gasteiger partial charge on any atom is -0.492 e. The Morgan fingerprint density at radius 2 is 2.10 bits per heavy atom. The first-order valence-electron chi connectivity index (χ1n) is 6.65. The van der Waals surface area contributed by atoms with Crippen molar-refractivity contribution in [2.24, 2.45) is 0 Å². The van der Waals surface area contributed by atoms with E-state index in [1.165, 1.54) is 6.07 Å². The van der Waals surface area contributed by atoms with Crippen LogP contribution < -0.4 is 15.2 Å². The van der Waals surface area contributed by atoms with Crippen molar-refractivity contribution in [2.75, 3.05) is 25.6 Å². The largest absolute Gasteiger partial charge is 0.492 e. The standard InChI is InChI=1S/C13H20N2O4S/c1-2-19-12-4-3-10(14)9-13(12)20(16,17)15-11-5-7-18-8-6-11/h3-4,9,11,15H,2,5-8,14H2,1H3. The van der Waals surface area contributed by atoms with Crippen molar-refractivity contribution in [3.63, 3.8) is 0 Å². The highest BCUT2D eigenvalue weighted by Crippen LogP contribution is 2.27. The Morgan fingerprint density at radius 3 is 2.75 bits per heavy atom. The number of nitrogens with one attached hydrogen (secondary N) is 1. The molecule has 1 fully saturated rings. The first-order chi connectivity index (χ1) is 9.53. The van der Waals surface area contributed by atoms with E-state index < -0.39 is 10.0 Å². The van der Waals surface area contributed by atoms with Gasteiger partial charge in [-0.05, 0) is 38.0 Å². The molecule has 0 atom stereocenters. The van der Waals surface area contributed by atoms with Crippen molar-refractivity contribution in [1.82, 2.24) is 4.72 Å². The highest BCUT2D eigenvalue weighted by Gasteiger charge is 2.25. The molecule has 1 saturated heterocycles. The quantitative estimate of drug-likeness (QED) is 0.795. The minimum absolute atomic E-state index is 0.0887. The average Bonchev–Trinajstić information content (AvgIpc) is 2.41. The third-order valence-corrected chi connectivity index (χ3v) is 4.64. The SMILES string of the molecule is CCOc1ccc(N)cc1S(=O)(=O)NC1CCOCC1. The Balaban J connectivity index is 2.25. The average molecular weight is 300 g/mol. The Bertz CT molecular complexity index is 553. The van der Waals surface area contributed by atoms with Crippen molar-refractivity contribution in [3.05, 3.63) is 18.2 Å². The van der Waals surface area contributed by atoms with Gasteiger partial charge in [-0.3, -0.25) is 0 Å². The van der Waals surface area contributed by atoms with Crippen LogP contribution in [0.4, 0.5) is 5.69 Å². The summed E-state index contributed by atoms with van der Waals surface area (Å²) < 4.78 is 38.2. The van der Waals surface area contributed by atoms with Crippen LogP contribution in [0.25, 0.3) is 0 Å². The van der Waals surface area contributed by atoms with Crippen LogP contribution in [-0.4, -0.2) is 34.3 Å². The molecule has 112 valence electrons. The van der Waals surface area contributed by atoms with E-state index in [0.29, 0.717) is 44.1 Å². The van der Waals surface area contributed by atoms with E-state index in [-0.39, 0.29) is 10.9 Å². The Labute approximate surface area is 119 Å². The molecule has 1 aliphatic rings. The van der Waals surface area contributed by atoms with E-state index in [0.717, 1.165) is 0 Å². The number of nitrogens with two attached hydrogens (primary N) is 1. The lowest BCUT2D eigenvalue weighted by Crippen LogP contribution is -2.39. The molecule has 1 heterocycles. The Kier molecular flexibility index (Phi) is 4.85. The number of hydrogen-bond donors (Lipinski definition) is 2. The van der Waals surface area contributed by atoms with Crippen molar-refractivity contribution < 1.29 is 17.9 Å². The van der Waals surface area contributed by atoms with Gasteiger partial charge in [0.05, 0.1) is 6.61 Å². The lowest BCUT2D eigenvalue weighted by atomic mass is 10.1. The smallest absolute Gasteiger partial charge is 0.244 e. The maximum absolute atomic E-state index is 12.5. The Hall–Kier alpha value is -1.31. The molecule has 0 aliphatic carbocycles. The van der Waals surface area contributed by atoms with Gasteiger partial charge in [-0.25, -0.2) is 13.1 Å². The molecule has 1 aromatic carbocycles. The number of nitrogen functional groups attached to an aromatic ring is 1. The number of hydrogen-bond acceptors (Lipinski definition) is 5. The van der Waals surface area contributed by atoms with Crippen LogP contribution >= 0.6 is 0 Å². The maximum Gasteiger partial charge on any atom is 0.244 e. The van der Waals surface area contributed by atoms with Crippen molar-refractivity contribution in [2.45, 2.75) is 30.7 Å². The van der Waals surface area contributed by atoms with Crippen LogP contribution in [0.3, 0.4) is 0 Å². The van der Waals surface area contributed by atoms with E-state index >= 15 is 0 Å². The summed E-state index contributed by atoms with van der Waals surface area (Å²) in [6.45, 7) is 3.34. The first-order valence-corrected chi connectivity index (χ1v) is 8.13. The summed E-state index contributed by atoms with van der Waals surface area (Å²) in [5.41, 5.74) is 6.08. The van der Waals surface area contributed by atoms with E-state index in [1.54, 1.807) is 19.1 Å². The first kappa shape index (κ1) is 15.1. The van der Waals surface area contributed by atoms with Crippen LogP contribution in [0.2, 0.25) is 0 Å². The topological polar surface area (TPSA) is 90.7 Å². The van der Waals surface area contributed by atoms with Crippen molar-refractivity contribution >= 4 is 15.7 Å². The predicted molar refractivity (Wildman–Crippen MR) is 76.2 cm³/mol. The van der Waals surface area contributed by atoms with Crippen molar-refractivity contribution in [3.8, 4) is 5.75 Å². The molecule has 0 radical (unpaired) electrons. The molecule has 0 spiro atoms. The van der Waals surface area contributed by atoms with Crippen molar-refractivity contribution in [1.29, 1.82) is 0 Å². The molecular weight excluding hydrogens is 280 g/mol. The lowest BCUT2D eigenvalue weighted by Gasteiger charge is -2.23. The molecule has 2 rings (SSSR count). The number of sulfonamides is 1. The highest BCUT2D eigenvalue weighted by molar-refractivity contribution is 7.89. The summed E-state index contributed by atoms with van der Waals surface area (Å²) in [6, 6.07) is 4.52. The van der Waals surface area contributed by atoms with Gasteiger partial charge in [0.1, 0.15) is 10.6 Å². The van der Waals surface area contributed by atoms with Gasteiger partial charge in [-0.15, -0.1) is 0 Å². The molecule has 20 heavy (non-hydrogen) atoms. The van der Waals surface area contributed by atoms with Gasteiger partial charge < -0.3 is 15.2 Å². The normalized spacial score (nSPS) is 17.1. The zero-order chi connectivity index (χ0) is 14.6. The van der Waals surface area contributed by atoms with Gasteiger partial charge in [0.25, 0.3) is 0 Å². The van der Waals surface area contributed by atoms with E-state index in [9.17, 15) is 8.42 Å². The van der Waals surface area contributed by atoms with Gasteiger partial charge >= 0.3 is 0 Å². The summed E-state index contributed by atoms with van der Waals surface area (Å²) in [7, 11) is -3.65. The van der Waals surface area contributed by atoms with E-state index in [2.05, 4.69) is 4.72 Å². The monoisotopic (exact) mass is 300 g/mol. The molecule has 0 aromatic heterocycles. The molecule has 7 heteroatoms. The fourth-order valence-electron chi connectivity index (χ4n) is 2.11. The predicted octanol–water partition coefficient (Wildman–Crippen LogP) is 1.12. The number of ether oxygens (including phenoxy) is 2. The second kappa shape index (κ2) is 6.43. The number of anilines is 1. The summed E-state index contributed by atoms with van der Waals surface area (Å²) in [4.78, 5) is 0.0887. The molecule has 0 bridgehead atoms. The summed E-state index contributed by atoms with van der Waals surface area (Å²) in [5.74, 6) is 0.321. The van der Waals surface area contributed by atoms with Crippen LogP contribution in [0.1, 0.15) is 19.8 Å². The molecule has 1 aromatic rings. The van der Waals surface area contributed by atoms with E-state index in [4.69, 9.17) is 15.2 Å². The van der Waals surface area contributed by atoms with Crippen LogP contribution in [0, 0.1) is 0 Å². The second-order valence-corrected chi connectivity index (χ2v) is 6.33. The molecule has 0 unspecified atom stereocenters. The zero-order valence-corrected chi connectivity index (χ0v) is 12.3. The molecular formula is C13H20N2O4S. The van der Waals surface area contributed by atoms with Gasteiger partial charge in [0.15, 0.2) is 0 Å². The van der Waals surface area contributed by atoms with Crippen LogP contribution in [0.15, 0.2) is 23.1 Å². The third-order valence-electron chi connectivity index (χ3n) is 3.10. The maximum atomic E-state index is 12.5. The van der Waals surface area contributed by atoms with Gasteiger partial charge in [0, 0.05) is 24.9 Å². The molecule has 6 nitrogen and oxygen atoms in total. The number of rotatable bonds is 5. The highest BCUT2D eigenvalue weighted by atomic mass is 32.2. The fourth-order valence-corrected chi connectivity index (χ4v) is 3.59.